The van der Waals surface area contributed by atoms with Crippen molar-refractivity contribution < 1.29 is 38.2 Å². The first kappa shape index (κ1) is 24.2. The summed E-state index contributed by atoms with van der Waals surface area (Å²) in [6.07, 6.45) is -0.624. The summed E-state index contributed by atoms with van der Waals surface area (Å²) in [5.74, 6) is -3.31. The second-order valence-corrected chi connectivity index (χ2v) is 8.58. The molecule has 0 aromatic heterocycles. The van der Waals surface area contributed by atoms with Gasteiger partial charge in [-0.05, 0) is 31.4 Å². The third-order valence-corrected chi connectivity index (χ3v) is 6.08. The number of fused-ring (bicyclic) bond motifs is 1. The highest BCUT2D eigenvalue weighted by Gasteiger charge is 2.46. The number of ether oxygens (including phenoxy) is 2. The number of carbonyl (C=O) groups is 6. The standard InChI is InChI=1S/C23H26N4O8/c1-13(28)34-23-16(12-19(30)35-23)25-21(32)17-8-5-11-26-18(29)10-9-15(22(33)27(17)26)24-20(31)14-6-3-2-4-7-14/h2-4,6-7,15-17,23H,5,8-12H2,1H3,(H,24,31)(H,25,32)/t15-,16-,17-,23?/m0/s1. The molecule has 3 heterocycles. The number of rotatable bonds is 5. The highest BCUT2D eigenvalue weighted by molar-refractivity contribution is 5.99. The van der Waals surface area contributed by atoms with Gasteiger partial charge in [-0.2, -0.15) is 0 Å². The van der Waals surface area contributed by atoms with Gasteiger partial charge in [0.05, 0.1) is 6.42 Å². The van der Waals surface area contributed by atoms with Crippen molar-refractivity contribution in [3.8, 4) is 0 Å². The molecule has 4 rings (SSSR count). The molecule has 4 atom stereocenters. The molecule has 0 bridgehead atoms. The Kier molecular flexibility index (Phi) is 6.99. The lowest BCUT2D eigenvalue weighted by Crippen LogP contribution is -2.64. The Bertz CT molecular complexity index is 1050. The van der Waals surface area contributed by atoms with Gasteiger partial charge < -0.3 is 20.1 Å². The molecule has 3 saturated heterocycles. The molecule has 4 amide bonds. The van der Waals surface area contributed by atoms with Gasteiger partial charge in [-0.3, -0.25) is 33.8 Å². The van der Waals surface area contributed by atoms with Crippen molar-refractivity contribution in [1.29, 1.82) is 0 Å². The van der Waals surface area contributed by atoms with Gasteiger partial charge in [0.1, 0.15) is 18.1 Å². The summed E-state index contributed by atoms with van der Waals surface area (Å²) in [5.41, 5.74) is 0.364. The van der Waals surface area contributed by atoms with Crippen molar-refractivity contribution in [3.63, 3.8) is 0 Å². The lowest BCUT2D eigenvalue weighted by molar-refractivity contribution is -0.180. The van der Waals surface area contributed by atoms with E-state index < -0.39 is 54.1 Å². The average Bonchev–Trinajstić information content (AvgIpc) is 3.12. The summed E-state index contributed by atoms with van der Waals surface area (Å²) in [4.78, 5) is 75.2. The van der Waals surface area contributed by atoms with Crippen LogP contribution in [0.3, 0.4) is 0 Å². The molecular formula is C23H26N4O8. The third kappa shape index (κ3) is 5.26. The first-order chi connectivity index (χ1) is 16.7. The maximum Gasteiger partial charge on any atom is 0.311 e. The first-order valence-corrected chi connectivity index (χ1v) is 11.4. The van der Waals surface area contributed by atoms with E-state index in [4.69, 9.17) is 9.47 Å². The maximum atomic E-state index is 13.5. The summed E-state index contributed by atoms with van der Waals surface area (Å²) in [5, 5.41) is 7.67. The smallest absolute Gasteiger partial charge is 0.311 e. The van der Waals surface area contributed by atoms with Gasteiger partial charge in [0.25, 0.3) is 18.1 Å². The van der Waals surface area contributed by atoms with Crippen LogP contribution in [0.5, 0.6) is 0 Å². The average molecular weight is 486 g/mol. The number of carbonyl (C=O) groups excluding carboxylic acids is 6. The van der Waals surface area contributed by atoms with Gasteiger partial charge in [0.2, 0.25) is 11.8 Å². The van der Waals surface area contributed by atoms with Crippen LogP contribution in [0.4, 0.5) is 0 Å². The zero-order valence-corrected chi connectivity index (χ0v) is 19.1. The molecule has 0 spiro atoms. The Morgan fingerprint density at radius 3 is 2.51 bits per heavy atom. The number of hydrazine groups is 1. The van der Waals surface area contributed by atoms with Crippen LogP contribution in [-0.4, -0.2) is 76.5 Å². The highest BCUT2D eigenvalue weighted by atomic mass is 16.7. The van der Waals surface area contributed by atoms with Crippen LogP contribution in [0, 0.1) is 0 Å². The Labute approximate surface area is 200 Å². The molecule has 12 nitrogen and oxygen atoms in total. The zero-order chi connectivity index (χ0) is 25.1. The summed E-state index contributed by atoms with van der Waals surface area (Å²) >= 11 is 0. The summed E-state index contributed by atoms with van der Waals surface area (Å²) < 4.78 is 9.91. The topological polar surface area (TPSA) is 151 Å². The van der Waals surface area contributed by atoms with Crippen molar-refractivity contribution in [1.82, 2.24) is 20.7 Å². The maximum absolute atomic E-state index is 13.5. The number of cyclic esters (lactones) is 1. The van der Waals surface area contributed by atoms with Crippen molar-refractivity contribution in [2.75, 3.05) is 6.54 Å². The van der Waals surface area contributed by atoms with Crippen LogP contribution in [0.15, 0.2) is 30.3 Å². The highest BCUT2D eigenvalue weighted by Crippen LogP contribution is 2.26. The van der Waals surface area contributed by atoms with Crippen LogP contribution in [-0.2, 0) is 33.4 Å². The molecule has 0 saturated carbocycles. The predicted molar refractivity (Wildman–Crippen MR) is 117 cm³/mol. The quantitative estimate of drug-likeness (QED) is 0.535. The molecule has 3 aliphatic rings. The van der Waals surface area contributed by atoms with Gasteiger partial charge >= 0.3 is 11.9 Å². The molecule has 35 heavy (non-hydrogen) atoms. The predicted octanol–water partition coefficient (Wildman–Crippen LogP) is -0.366. The number of nitrogens with zero attached hydrogens (tertiary/aromatic N) is 2. The molecule has 3 aliphatic heterocycles. The largest absolute Gasteiger partial charge is 0.423 e. The minimum absolute atomic E-state index is 0.0236. The lowest BCUT2D eigenvalue weighted by atomic mass is 10.0. The van der Waals surface area contributed by atoms with E-state index >= 15 is 0 Å². The molecule has 0 aliphatic carbocycles. The number of hydrogen-bond acceptors (Lipinski definition) is 8. The number of amides is 4. The van der Waals surface area contributed by atoms with Crippen molar-refractivity contribution >= 4 is 35.6 Å². The fourth-order valence-corrected chi connectivity index (χ4v) is 4.44. The van der Waals surface area contributed by atoms with Crippen LogP contribution in [0.2, 0.25) is 0 Å². The monoisotopic (exact) mass is 486 g/mol. The van der Waals surface area contributed by atoms with Crippen LogP contribution < -0.4 is 10.6 Å². The summed E-state index contributed by atoms with van der Waals surface area (Å²) in [6, 6.07) is 5.38. The molecule has 186 valence electrons. The van der Waals surface area contributed by atoms with Crippen molar-refractivity contribution in [2.45, 2.75) is 63.4 Å². The van der Waals surface area contributed by atoms with Gasteiger partial charge in [-0.1, -0.05) is 18.2 Å². The van der Waals surface area contributed by atoms with E-state index in [2.05, 4.69) is 10.6 Å². The van der Waals surface area contributed by atoms with E-state index in [0.29, 0.717) is 12.0 Å². The van der Waals surface area contributed by atoms with E-state index in [0.717, 1.165) is 11.9 Å². The number of nitrogens with one attached hydrogen (secondary N) is 2. The fraction of sp³-hybridized carbons (Fsp3) is 0.478. The molecule has 1 aromatic rings. The summed E-state index contributed by atoms with van der Waals surface area (Å²) in [7, 11) is 0. The minimum Gasteiger partial charge on any atom is -0.423 e. The molecule has 0 radical (unpaired) electrons. The van der Waals surface area contributed by atoms with Crippen molar-refractivity contribution in [3.05, 3.63) is 35.9 Å². The SMILES string of the molecule is CC(=O)OC1OC(=O)C[C@@H]1NC(=O)[C@@H]1CCCN2C(=O)CC[C@H](NC(=O)c3ccccc3)C(=O)N12. The lowest BCUT2D eigenvalue weighted by Gasteiger charge is -2.43. The van der Waals surface area contributed by atoms with Crippen LogP contribution >= 0.6 is 0 Å². The Balaban J connectivity index is 1.52. The molecule has 12 heteroatoms. The molecule has 1 aromatic carbocycles. The van der Waals surface area contributed by atoms with E-state index in [1.54, 1.807) is 30.3 Å². The first-order valence-electron chi connectivity index (χ1n) is 11.4. The van der Waals surface area contributed by atoms with Gasteiger partial charge in [-0.25, -0.2) is 5.01 Å². The van der Waals surface area contributed by atoms with Crippen LogP contribution in [0.25, 0.3) is 0 Å². The van der Waals surface area contributed by atoms with E-state index in [1.807, 2.05) is 0 Å². The molecule has 1 unspecified atom stereocenters. The summed E-state index contributed by atoms with van der Waals surface area (Å²) in [6.45, 7) is 1.41. The van der Waals surface area contributed by atoms with Crippen LogP contribution in [0.1, 0.15) is 49.4 Å². The molecule has 3 fully saturated rings. The number of hydrogen-bond donors (Lipinski definition) is 2. The third-order valence-electron chi connectivity index (χ3n) is 6.08. The van der Waals surface area contributed by atoms with Crippen molar-refractivity contribution in [2.24, 2.45) is 0 Å². The molecule has 2 N–H and O–H groups in total. The number of esters is 2. The zero-order valence-electron chi connectivity index (χ0n) is 19.1. The van der Waals surface area contributed by atoms with Gasteiger partial charge in [0, 0.05) is 25.5 Å². The Morgan fingerprint density at radius 1 is 1.06 bits per heavy atom. The normalized spacial score (nSPS) is 26.4. The Morgan fingerprint density at radius 2 is 1.80 bits per heavy atom. The molecular weight excluding hydrogens is 460 g/mol. The second-order valence-electron chi connectivity index (χ2n) is 8.58. The van der Waals surface area contributed by atoms with Gasteiger partial charge in [0.15, 0.2) is 0 Å². The Hall–Kier alpha value is -3.96. The van der Waals surface area contributed by atoms with E-state index in [9.17, 15) is 28.8 Å². The number of benzene rings is 1. The van der Waals surface area contributed by atoms with E-state index in [-0.39, 0.29) is 38.1 Å². The second kappa shape index (κ2) is 10.1. The van der Waals surface area contributed by atoms with E-state index in [1.165, 1.54) is 5.01 Å². The van der Waals surface area contributed by atoms with Gasteiger partial charge in [-0.15, -0.1) is 0 Å². The fourth-order valence-electron chi connectivity index (χ4n) is 4.44. The minimum atomic E-state index is -1.27.